The number of aromatic nitrogens is 3. The lowest BCUT2D eigenvalue weighted by Crippen LogP contribution is -1.97. The third-order valence-electron chi connectivity index (χ3n) is 8.91. The minimum absolute atomic E-state index is 0.936. The number of benzene rings is 7. The Hall–Kier alpha value is -6.19. The molecule has 9 aromatic rings. The second kappa shape index (κ2) is 10.8. The molecule has 0 bridgehead atoms. The van der Waals surface area contributed by atoms with Crippen LogP contribution < -0.4 is 0 Å². The first-order chi connectivity index (χ1) is 22.8. The first-order valence-electron chi connectivity index (χ1n) is 15.6. The number of para-hydroxylation sites is 5. The van der Waals surface area contributed by atoms with Gasteiger partial charge in [-0.25, -0.2) is 4.98 Å². The first-order valence-corrected chi connectivity index (χ1v) is 15.6. The van der Waals surface area contributed by atoms with E-state index in [0.717, 1.165) is 33.7 Å². The van der Waals surface area contributed by atoms with E-state index < -0.39 is 0 Å². The Labute approximate surface area is 267 Å². The van der Waals surface area contributed by atoms with E-state index >= 15 is 0 Å². The smallest absolute Gasteiger partial charge is 0.145 e. The highest BCUT2D eigenvalue weighted by Gasteiger charge is 2.16. The molecule has 0 saturated heterocycles. The summed E-state index contributed by atoms with van der Waals surface area (Å²) >= 11 is 0. The van der Waals surface area contributed by atoms with Crippen LogP contribution in [0.2, 0.25) is 0 Å². The Morgan fingerprint density at radius 2 is 0.848 bits per heavy atom. The third-order valence-corrected chi connectivity index (χ3v) is 8.91. The monoisotopic (exact) mass is 587 g/mol. The molecule has 0 atom stereocenters. The van der Waals surface area contributed by atoms with Crippen LogP contribution in [-0.2, 0) is 0 Å². The second-order valence-corrected chi connectivity index (χ2v) is 11.7. The second-order valence-electron chi connectivity index (χ2n) is 11.7. The molecular weight excluding hydrogens is 558 g/mol. The number of hydrogen-bond acceptors (Lipinski definition) is 1. The van der Waals surface area contributed by atoms with Crippen LogP contribution in [0.3, 0.4) is 0 Å². The highest BCUT2D eigenvalue weighted by Crippen LogP contribution is 2.36. The number of nitrogens with zero attached hydrogens (tertiary/aromatic N) is 3. The first kappa shape index (κ1) is 26.2. The van der Waals surface area contributed by atoms with Crippen molar-refractivity contribution in [1.29, 1.82) is 0 Å². The molecule has 46 heavy (non-hydrogen) atoms. The lowest BCUT2D eigenvalue weighted by Gasteiger charge is -2.11. The van der Waals surface area contributed by atoms with Gasteiger partial charge in [-0.3, -0.25) is 4.57 Å². The maximum Gasteiger partial charge on any atom is 0.145 e. The molecular formula is C43H29N3. The zero-order valence-corrected chi connectivity index (χ0v) is 25.1. The van der Waals surface area contributed by atoms with Crippen LogP contribution >= 0.6 is 0 Å². The van der Waals surface area contributed by atoms with Crippen molar-refractivity contribution < 1.29 is 0 Å². The molecule has 0 aliphatic rings. The average molecular weight is 588 g/mol. The number of imidazole rings is 1. The van der Waals surface area contributed by atoms with Gasteiger partial charge in [0.2, 0.25) is 0 Å². The van der Waals surface area contributed by atoms with Gasteiger partial charge in [0, 0.05) is 27.7 Å². The molecule has 2 heterocycles. The Bertz CT molecular complexity index is 2520. The molecule has 0 saturated carbocycles. The van der Waals surface area contributed by atoms with Crippen molar-refractivity contribution in [3.63, 3.8) is 0 Å². The van der Waals surface area contributed by atoms with Crippen molar-refractivity contribution in [1.82, 2.24) is 14.1 Å². The summed E-state index contributed by atoms with van der Waals surface area (Å²) in [5.74, 6) is 0.936. The lowest BCUT2D eigenvalue weighted by molar-refractivity contribution is 1.10. The van der Waals surface area contributed by atoms with E-state index in [9.17, 15) is 0 Å². The highest BCUT2D eigenvalue weighted by molar-refractivity contribution is 6.10. The summed E-state index contributed by atoms with van der Waals surface area (Å²) in [7, 11) is 0. The number of rotatable bonds is 5. The van der Waals surface area contributed by atoms with Crippen LogP contribution in [0.15, 0.2) is 176 Å². The van der Waals surface area contributed by atoms with E-state index in [2.05, 4.69) is 179 Å². The van der Waals surface area contributed by atoms with Crippen molar-refractivity contribution in [2.24, 2.45) is 0 Å². The Morgan fingerprint density at radius 1 is 0.326 bits per heavy atom. The van der Waals surface area contributed by atoms with E-state index in [1.807, 2.05) is 6.07 Å². The fourth-order valence-corrected chi connectivity index (χ4v) is 6.78. The standard InChI is InChI=1S/C43H29N3/c1-3-17-35(18-4-1)45-40-23-9-7-21-37(40)38-29-33(25-26-41(38)45)31-14-11-13-30(27-31)32-15-12-16-34(28-32)43-44-39-22-8-10-24-42(39)46(43)36-19-5-2-6-20-36/h1-29H. The predicted molar refractivity (Wildman–Crippen MR) is 192 cm³/mol. The van der Waals surface area contributed by atoms with Crippen LogP contribution in [0, 0.1) is 0 Å². The van der Waals surface area contributed by atoms with Crippen LogP contribution in [0.5, 0.6) is 0 Å². The summed E-state index contributed by atoms with van der Waals surface area (Å²) in [5, 5.41) is 2.51. The van der Waals surface area contributed by atoms with Gasteiger partial charge in [-0.15, -0.1) is 0 Å². The van der Waals surface area contributed by atoms with Gasteiger partial charge < -0.3 is 4.57 Å². The Kier molecular flexibility index (Phi) is 6.14. The molecule has 0 spiro atoms. The fourth-order valence-electron chi connectivity index (χ4n) is 6.78. The molecule has 0 aliphatic heterocycles. The van der Waals surface area contributed by atoms with Crippen molar-refractivity contribution in [3.8, 4) is 45.0 Å². The minimum Gasteiger partial charge on any atom is -0.309 e. The van der Waals surface area contributed by atoms with Gasteiger partial charge in [-0.2, -0.15) is 0 Å². The van der Waals surface area contributed by atoms with Gasteiger partial charge in [0.05, 0.1) is 22.1 Å². The molecule has 7 aromatic carbocycles. The minimum atomic E-state index is 0.936. The topological polar surface area (TPSA) is 22.8 Å². The molecule has 9 rings (SSSR count). The van der Waals surface area contributed by atoms with Gasteiger partial charge in [0.15, 0.2) is 0 Å². The zero-order valence-electron chi connectivity index (χ0n) is 25.1. The van der Waals surface area contributed by atoms with Crippen LogP contribution in [0.25, 0.3) is 77.9 Å². The summed E-state index contributed by atoms with van der Waals surface area (Å²) < 4.78 is 4.62. The maximum absolute atomic E-state index is 5.10. The van der Waals surface area contributed by atoms with Gasteiger partial charge in [-0.05, 0) is 89.0 Å². The predicted octanol–water partition coefficient (Wildman–Crippen LogP) is 11.1. The molecule has 0 amide bonds. The number of hydrogen-bond donors (Lipinski definition) is 0. The van der Waals surface area contributed by atoms with Crippen LogP contribution in [-0.4, -0.2) is 14.1 Å². The lowest BCUT2D eigenvalue weighted by atomic mass is 9.97. The molecule has 216 valence electrons. The number of fused-ring (bicyclic) bond motifs is 4. The Balaban J connectivity index is 1.15. The molecule has 0 radical (unpaired) electrons. The van der Waals surface area contributed by atoms with Crippen molar-refractivity contribution >= 4 is 32.8 Å². The van der Waals surface area contributed by atoms with Gasteiger partial charge in [0.1, 0.15) is 5.82 Å². The fraction of sp³-hybridized carbons (Fsp3) is 0. The van der Waals surface area contributed by atoms with Crippen molar-refractivity contribution in [2.45, 2.75) is 0 Å². The Morgan fingerprint density at radius 3 is 1.57 bits per heavy atom. The van der Waals surface area contributed by atoms with Gasteiger partial charge >= 0.3 is 0 Å². The zero-order chi connectivity index (χ0) is 30.5. The normalized spacial score (nSPS) is 11.5. The van der Waals surface area contributed by atoms with E-state index in [1.54, 1.807) is 0 Å². The summed E-state index contributed by atoms with van der Waals surface area (Å²) in [4.78, 5) is 5.10. The molecule has 0 aliphatic carbocycles. The highest BCUT2D eigenvalue weighted by atomic mass is 15.1. The van der Waals surface area contributed by atoms with Crippen molar-refractivity contribution in [2.75, 3.05) is 0 Å². The summed E-state index contributed by atoms with van der Waals surface area (Å²) in [6.07, 6.45) is 0. The van der Waals surface area contributed by atoms with E-state index in [1.165, 1.54) is 44.2 Å². The van der Waals surface area contributed by atoms with E-state index in [-0.39, 0.29) is 0 Å². The van der Waals surface area contributed by atoms with E-state index in [0.29, 0.717) is 0 Å². The van der Waals surface area contributed by atoms with Crippen LogP contribution in [0.1, 0.15) is 0 Å². The van der Waals surface area contributed by atoms with Crippen LogP contribution in [0.4, 0.5) is 0 Å². The summed E-state index contributed by atoms with van der Waals surface area (Å²) in [6, 6.07) is 62.6. The largest absolute Gasteiger partial charge is 0.309 e. The molecule has 0 unspecified atom stereocenters. The van der Waals surface area contributed by atoms with Gasteiger partial charge in [0.25, 0.3) is 0 Å². The molecule has 2 aromatic heterocycles. The third kappa shape index (κ3) is 4.33. The molecule has 3 nitrogen and oxygen atoms in total. The SMILES string of the molecule is c1ccc(-n2c(-c3cccc(-c4cccc(-c5ccc6c(c5)c5ccccc5n6-c5ccccc5)c4)c3)nc3ccccc32)cc1. The summed E-state index contributed by atoms with van der Waals surface area (Å²) in [5.41, 5.74) is 12.6. The van der Waals surface area contributed by atoms with Gasteiger partial charge in [-0.1, -0.05) is 109 Å². The quantitative estimate of drug-likeness (QED) is 0.196. The van der Waals surface area contributed by atoms with E-state index in [4.69, 9.17) is 4.98 Å². The average Bonchev–Trinajstić information content (AvgIpc) is 3.69. The van der Waals surface area contributed by atoms with Crippen molar-refractivity contribution in [3.05, 3.63) is 176 Å². The molecule has 3 heteroatoms. The summed E-state index contributed by atoms with van der Waals surface area (Å²) in [6.45, 7) is 0. The molecule has 0 N–H and O–H groups in total. The maximum atomic E-state index is 5.10. The molecule has 0 fully saturated rings.